The standard InChI is InChI=1S/C22H26F4N4O2/c1-29(2)13-21(31,22(24,25)26)20(16-9-8-15(23)10-19(16)32-4)28-18-7-5-6-14-12-30(3)27-11-17(14)18/h5-11,20,28,31H,12-13H2,1-4H3. The first kappa shape index (κ1) is 23.8. The fourth-order valence-corrected chi connectivity index (χ4v) is 3.83. The van der Waals surface area contributed by atoms with E-state index >= 15 is 0 Å². The summed E-state index contributed by atoms with van der Waals surface area (Å²) in [7, 11) is 5.89. The maximum Gasteiger partial charge on any atom is 0.420 e. The number of hydrogen-bond donors (Lipinski definition) is 2. The van der Waals surface area contributed by atoms with Gasteiger partial charge in [0, 0.05) is 36.5 Å². The van der Waals surface area contributed by atoms with Crippen LogP contribution in [-0.4, -0.2) is 67.8 Å². The molecule has 0 fully saturated rings. The third-order valence-electron chi connectivity index (χ3n) is 5.31. The zero-order chi connectivity index (χ0) is 23.7. The van der Waals surface area contributed by atoms with Gasteiger partial charge in [-0.1, -0.05) is 18.2 Å². The van der Waals surface area contributed by atoms with E-state index in [1.807, 2.05) is 6.07 Å². The molecule has 0 aliphatic carbocycles. The lowest BCUT2D eigenvalue weighted by Crippen LogP contribution is -2.58. The molecule has 2 unspecified atom stereocenters. The van der Waals surface area contributed by atoms with E-state index < -0.39 is 30.2 Å². The van der Waals surface area contributed by atoms with Gasteiger partial charge in [-0.15, -0.1) is 0 Å². The molecule has 0 aromatic heterocycles. The first-order chi connectivity index (χ1) is 15.0. The van der Waals surface area contributed by atoms with E-state index in [-0.39, 0.29) is 11.3 Å². The highest BCUT2D eigenvalue weighted by atomic mass is 19.4. The van der Waals surface area contributed by atoms with Crippen LogP contribution in [0.5, 0.6) is 5.75 Å². The maximum absolute atomic E-state index is 14.3. The molecule has 2 aromatic carbocycles. The van der Waals surface area contributed by atoms with Crippen molar-refractivity contribution < 1.29 is 27.4 Å². The van der Waals surface area contributed by atoms with Crippen molar-refractivity contribution in [2.45, 2.75) is 24.4 Å². The van der Waals surface area contributed by atoms with Crippen LogP contribution in [0.1, 0.15) is 22.7 Å². The Hall–Kier alpha value is -2.85. The summed E-state index contributed by atoms with van der Waals surface area (Å²) in [5, 5.41) is 19.9. The Kier molecular flexibility index (Phi) is 6.66. The van der Waals surface area contributed by atoms with Crippen molar-refractivity contribution in [1.29, 1.82) is 0 Å². The fraction of sp³-hybridized carbons (Fsp3) is 0.409. The van der Waals surface area contributed by atoms with Gasteiger partial charge in [-0.3, -0.25) is 5.01 Å². The molecule has 1 aliphatic heterocycles. The molecule has 2 atom stereocenters. The second-order valence-corrected chi connectivity index (χ2v) is 8.06. The lowest BCUT2D eigenvalue weighted by atomic mass is 9.85. The number of likely N-dealkylation sites (N-methyl/N-ethyl adjacent to an activating group) is 1. The number of alkyl halides is 3. The van der Waals surface area contributed by atoms with Gasteiger partial charge in [0.25, 0.3) is 0 Å². The number of rotatable bonds is 7. The lowest BCUT2D eigenvalue weighted by Gasteiger charge is -2.41. The van der Waals surface area contributed by atoms with Crippen LogP contribution in [0.15, 0.2) is 41.5 Å². The molecule has 10 heteroatoms. The summed E-state index contributed by atoms with van der Waals surface area (Å²) in [6.07, 6.45) is -3.46. The molecular weight excluding hydrogens is 428 g/mol. The van der Waals surface area contributed by atoms with E-state index in [2.05, 4.69) is 10.4 Å². The van der Waals surface area contributed by atoms with Gasteiger partial charge >= 0.3 is 6.18 Å². The highest BCUT2D eigenvalue weighted by Crippen LogP contribution is 2.45. The smallest absolute Gasteiger partial charge is 0.420 e. The van der Waals surface area contributed by atoms with Crippen LogP contribution in [0.4, 0.5) is 23.2 Å². The van der Waals surface area contributed by atoms with E-state index in [0.717, 1.165) is 17.7 Å². The van der Waals surface area contributed by atoms with Gasteiger partial charge in [0.05, 0.1) is 25.9 Å². The average molecular weight is 454 g/mol. The van der Waals surface area contributed by atoms with Gasteiger partial charge in [-0.05, 0) is 31.8 Å². The number of anilines is 1. The molecule has 0 saturated heterocycles. The fourth-order valence-electron chi connectivity index (χ4n) is 3.83. The quantitative estimate of drug-likeness (QED) is 0.626. The van der Waals surface area contributed by atoms with Crippen molar-refractivity contribution in [3.8, 4) is 5.75 Å². The summed E-state index contributed by atoms with van der Waals surface area (Å²) < 4.78 is 62.0. The number of ether oxygens (including phenoxy) is 1. The van der Waals surface area contributed by atoms with Crippen molar-refractivity contribution in [2.75, 3.05) is 40.1 Å². The predicted octanol–water partition coefficient (Wildman–Crippen LogP) is 3.62. The molecule has 6 nitrogen and oxygen atoms in total. The molecule has 2 N–H and O–H groups in total. The highest BCUT2D eigenvalue weighted by molar-refractivity contribution is 5.90. The Bertz CT molecular complexity index is 996. The largest absolute Gasteiger partial charge is 0.496 e. The van der Waals surface area contributed by atoms with E-state index in [4.69, 9.17) is 4.74 Å². The summed E-state index contributed by atoms with van der Waals surface area (Å²) >= 11 is 0. The monoisotopic (exact) mass is 454 g/mol. The Morgan fingerprint density at radius 2 is 1.97 bits per heavy atom. The number of nitrogens with zero attached hydrogens (tertiary/aromatic N) is 3. The number of halogens is 4. The summed E-state index contributed by atoms with van der Waals surface area (Å²) in [5.74, 6) is -0.776. The third kappa shape index (κ3) is 4.66. The second-order valence-electron chi connectivity index (χ2n) is 8.06. The molecule has 0 amide bonds. The average Bonchev–Trinajstić information content (AvgIpc) is 2.70. The molecule has 1 heterocycles. The molecule has 174 valence electrons. The van der Waals surface area contributed by atoms with Crippen LogP contribution < -0.4 is 10.1 Å². The summed E-state index contributed by atoms with van der Waals surface area (Å²) in [6, 6.07) is 6.70. The molecule has 1 aliphatic rings. The van der Waals surface area contributed by atoms with Crippen LogP contribution in [0, 0.1) is 5.82 Å². The Morgan fingerprint density at radius 1 is 1.25 bits per heavy atom. The summed E-state index contributed by atoms with van der Waals surface area (Å²) in [6.45, 7) is -0.256. The maximum atomic E-state index is 14.3. The molecule has 32 heavy (non-hydrogen) atoms. The van der Waals surface area contributed by atoms with Gasteiger partial charge in [-0.2, -0.15) is 18.3 Å². The van der Waals surface area contributed by atoms with Crippen molar-refractivity contribution in [2.24, 2.45) is 5.10 Å². The van der Waals surface area contributed by atoms with Gasteiger partial charge in [0.2, 0.25) is 0 Å². The number of methoxy groups -OCH3 is 1. The van der Waals surface area contributed by atoms with Crippen molar-refractivity contribution in [1.82, 2.24) is 9.91 Å². The normalized spacial score (nSPS) is 16.5. The Labute approximate surface area is 184 Å². The minimum Gasteiger partial charge on any atom is -0.496 e. The van der Waals surface area contributed by atoms with E-state index in [9.17, 15) is 22.7 Å². The Balaban J connectivity index is 2.19. The van der Waals surface area contributed by atoms with Crippen LogP contribution in [0.3, 0.4) is 0 Å². The molecule has 0 saturated carbocycles. The molecule has 2 aromatic rings. The van der Waals surface area contributed by atoms with Gasteiger partial charge < -0.3 is 20.1 Å². The lowest BCUT2D eigenvalue weighted by molar-refractivity contribution is -0.270. The first-order valence-electron chi connectivity index (χ1n) is 9.87. The number of benzene rings is 2. The predicted molar refractivity (Wildman–Crippen MR) is 114 cm³/mol. The summed E-state index contributed by atoms with van der Waals surface area (Å²) in [4.78, 5) is 1.25. The number of aliphatic hydroxyl groups is 1. The van der Waals surface area contributed by atoms with Crippen molar-refractivity contribution in [3.63, 3.8) is 0 Å². The molecule has 0 spiro atoms. The van der Waals surface area contributed by atoms with Crippen LogP contribution >= 0.6 is 0 Å². The van der Waals surface area contributed by atoms with E-state index in [0.29, 0.717) is 17.8 Å². The topological polar surface area (TPSA) is 60.3 Å². The molecular formula is C22H26F4N4O2. The number of nitrogens with one attached hydrogen (secondary N) is 1. The zero-order valence-electron chi connectivity index (χ0n) is 18.2. The van der Waals surface area contributed by atoms with E-state index in [1.54, 1.807) is 30.4 Å². The SMILES string of the molecule is COc1cc(F)ccc1C(Nc1cccc2c1C=NN(C)C2)C(O)(CN(C)C)C(F)(F)F. The molecule has 0 radical (unpaired) electrons. The van der Waals surface area contributed by atoms with Crippen LogP contribution in [0.25, 0.3) is 0 Å². The van der Waals surface area contributed by atoms with Gasteiger partial charge in [-0.25, -0.2) is 4.39 Å². The number of hydrazone groups is 1. The number of fused-ring (bicyclic) bond motifs is 1. The minimum atomic E-state index is -5.02. The number of hydrogen-bond acceptors (Lipinski definition) is 6. The van der Waals surface area contributed by atoms with Crippen LogP contribution in [-0.2, 0) is 6.54 Å². The Morgan fingerprint density at radius 3 is 2.59 bits per heavy atom. The van der Waals surface area contributed by atoms with Crippen molar-refractivity contribution >= 4 is 11.9 Å². The third-order valence-corrected chi connectivity index (χ3v) is 5.31. The zero-order valence-corrected chi connectivity index (χ0v) is 18.2. The highest BCUT2D eigenvalue weighted by Gasteiger charge is 2.60. The summed E-state index contributed by atoms with van der Waals surface area (Å²) in [5.41, 5.74) is -1.42. The van der Waals surface area contributed by atoms with Crippen LogP contribution in [0.2, 0.25) is 0 Å². The minimum absolute atomic E-state index is 0.0296. The van der Waals surface area contributed by atoms with Gasteiger partial charge in [0.1, 0.15) is 11.6 Å². The second kappa shape index (κ2) is 8.95. The molecule has 0 bridgehead atoms. The first-order valence-corrected chi connectivity index (χ1v) is 9.87. The molecule has 3 rings (SSSR count). The van der Waals surface area contributed by atoms with E-state index in [1.165, 1.54) is 32.2 Å². The van der Waals surface area contributed by atoms with Crippen molar-refractivity contribution in [3.05, 3.63) is 58.9 Å². The van der Waals surface area contributed by atoms with Gasteiger partial charge in [0.15, 0.2) is 5.60 Å².